The van der Waals surface area contributed by atoms with Gasteiger partial charge in [-0.25, -0.2) is 0 Å². The first-order valence-electron chi connectivity index (χ1n) is 7.37. The van der Waals surface area contributed by atoms with Crippen molar-refractivity contribution in [3.63, 3.8) is 0 Å². The Labute approximate surface area is 121 Å². The molecule has 0 aliphatic heterocycles. The van der Waals surface area contributed by atoms with Gasteiger partial charge < -0.3 is 10.6 Å². The molecule has 1 aromatic heterocycles. The van der Waals surface area contributed by atoms with Crippen LogP contribution in [0.4, 0.5) is 11.4 Å². The van der Waals surface area contributed by atoms with Crippen molar-refractivity contribution in [2.45, 2.75) is 27.7 Å². The van der Waals surface area contributed by atoms with Crippen molar-refractivity contribution >= 4 is 22.3 Å². The van der Waals surface area contributed by atoms with E-state index in [1.807, 2.05) is 12.1 Å². The van der Waals surface area contributed by atoms with Gasteiger partial charge in [-0.2, -0.15) is 0 Å². The maximum absolute atomic E-state index is 6.05. The number of fused-ring (bicyclic) bond motifs is 1. The van der Waals surface area contributed by atoms with E-state index in [4.69, 9.17) is 5.73 Å². The Morgan fingerprint density at radius 1 is 1.05 bits per heavy atom. The van der Waals surface area contributed by atoms with Crippen LogP contribution in [0.3, 0.4) is 0 Å². The van der Waals surface area contributed by atoms with Crippen molar-refractivity contribution in [3.05, 3.63) is 30.5 Å². The maximum Gasteiger partial charge on any atom is 0.0951 e. The van der Waals surface area contributed by atoms with Crippen molar-refractivity contribution in [2.75, 3.05) is 23.7 Å². The summed E-state index contributed by atoms with van der Waals surface area (Å²) >= 11 is 0. The van der Waals surface area contributed by atoms with Gasteiger partial charge in [-0.05, 0) is 36.1 Å². The Balaban J connectivity index is 2.50. The van der Waals surface area contributed by atoms with E-state index in [-0.39, 0.29) is 0 Å². The van der Waals surface area contributed by atoms with E-state index in [2.05, 4.69) is 49.7 Å². The molecular weight excluding hydrogens is 246 g/mol. The fourth-order valence-corrected chi connectivity index (χ4v) is 2.61. The third-order valence-electron chi connectivity index (χ3n) is 3.29. The van der Waals surface area contributed by atoms with Gasteiger partial charge in [-0.1, -0.05) is 27.7 Å². The summed E-state index contributed by atoms with van der Waals surface area (Å²) in [6, 6.07) is 8.19. The minimum Gasteiger partial charge on any atom is -0.397 e. The van der Waals surface area contributed by atoms with Gasteiger partial charge in [0.25, 0.3) is 0 Å². The van der Waals surface area contributed by atoms with Crippen LogP contribution in [-0.2, 0) is 0 Å². The highest BCUT2D eigenvalue weighted by atomic mass is 15.1. The second-order valence-corrected chi connectivity index (χ2v) is 6.27. The molecule has 0 fully saturated rings. The second kappa shape index (κ2) is 6.12. The minimum absolute atomic E-state index is 0.623. The molecule has 1 aromatic carbocycles. The van der Waals surface area contributed by atoms with Gasteiger partial charge in [0, 0.05) is 30.4 Å². The summed E-state index contributed by atoms with van der Waals surface area (Å²) in [4.78, 5) is 6.89. The Bertz CT molecular complexity index is 565. The first-order chi connectivity index (χ1) is 9.49. The SMILES string of the molecule is CC(C)CN(CC(C)C)c1ccc(N)c2ncccc12. The first kappa shape index (κ1) is 14.6. The lowest BCUT2D eigenvalue weighted by Gasteiger charge is -2.29. The van der Waals surface area contributed by atoms with Crippen LogP contribution in [-0.4, -0.2) is 18.1 Å². The molecule has 0 atom stereocenters. The summed E-state index contributed by atoms with van der Waals surface area (Å²) in [7, 11) is 0. The highest BCUT2D eigenvalue weighted by Gasteiger charge is 2.14. The zero-order chi connectivity index (χ0) is 14.7. The topological polar surface area (TPSA) is 42.1 Å². The van der Waals surface area contributed by atoms with E-state index in [0.717, 1.165) is 29.7 Å². The van der Waals surface area contributed by atoms with E-state index in [1.165, 1.54) is 5.69 Å². The van der Waals surface area contributed by atoms with E-state index in [9.17, 15) is 0 Å². The molecule has 1 heterocycles. The average molecular weight is 271 g/mol. The molecule has 0 aliphatic rings. The number of benzene rings is 1. The highest BCUT2D eigenvalue weighted by molar-refractivity contribution is 5.98. The average Bonchev–Trinajstić information content (AvgIpc) is 2.37. The normalized spacial score (nSPS) is 11.5. The zero-order valence-electron chi connectivity index (χ0n) is 12.9. The van der Waals surface area contributed by atoms with Gasteiger partial charge in [0.2, 0.25) is 0 Å². The predicted molar refractivity (Wildman–Crippen MR) is 88.0 cm³/mol. The molecule has 0 amide bonds. The van der Waals surface area contributed by atoms with E-state index >= 15 is 0 Å². The minimum atomic E-state index is 0.623. The lowest BCUT2D eigenvalue weighted by molar-refractivity contribution is 0.554. The molecule has 20 heavy (non-hydrogen) atoms. The Hall–Kier alpha value is -1.77. The predicted octanol–water partition coefficient (Wildman–Crippen LogP) is 3.94. The lowest BCUT2D eigenvalue weighted by atomic mass is 10.1. The van der Waals surface area contributed by atoms with Crippen LogP contribution in [0, 0.1) is 11.8 Å². The molecule has 2 aromatic rings. The maximum atomic E-state index is 6.05. The zero-order valence-corrected chi connectivity index (χ0v) is 12.9. The van der Waals surface area contributed by atoms with Crippen LogP contribution in [0.5, 0.6) is 0 Å². The van der Waals surface area contributed by atoms with Gasteiger partial charge >= 0.3 is 0 Å². The van der Waals surface area contributed by atoms with Gasteiger partial charge in [-0.3, -0.25) is 4.98 Å². The molecule has 2 N–H and O–H groups in total. The summed E-state index contributed by atoms with van der Waals surface area (Å²) in [5.41, 5.74) is 8.94. The molecule has 108 valence electrons. The first-order valence-corrected chi connectivity index (χ1v) is 7.37. The summed E-state index contributed by atoms with van der Waals surface area (Å²) in [5, 5.41) is 1.15. The van der Waals surface area contributed by atoms with Gasteiger partial charge in [0.1, 0.15) is 0 Å². The number of nitrogens with zero attached hydrogens (tertiary/aromatic N) is 2. The van der Waals surface area contributed by atoms with Crippen LogP contribution in [0.15, 0.2) is 30.5 Å². The number of hydrogen-bond acceptors (Lipinski definition) is 3. The number of pyridine rings is 1. The van der Waals surface area contributed by atoms with Crippen molar-refractivity contribution in [1.29, 1.82) is 0 Å². The summed E-state index contributed by atoms with van der Waals surface area (Å²) < 4.78 is 0. The number of nitrogen functional groups attached to an aromatic ring is 1. The van der Waals surface area contributed by atoms with Crippen LogP contribution >= 0.6 is 0 Å². The van der Waals surface area contributed by atoms with Crippen LogP contribution < -0.4 is 10.6 Å². The number of hydrogen-bond donors (Lipinski definition) is 1. The largest absolute Gasteiger partial charge is 0.397 e. The van der Waals surface area contributed by atoms with Crippen LogP contribution in [0.2, 0.25) is 0 Å². The van der Waals surface area contributed by atoms with Crippen LogP contribution in [0.1, 0.15) is 27.7 Å². The van der Waals surface area contributed by atoms with Gasteiger partial charge in [0.15, 0.2) is 0 Å². The Kier molecular flexibility index (Phi) is 4.48. The lowest BCUT2D eigenvalue weighted by Crippen LogP contribution is -2.31. The smallest absolute Gasteiger partial charge is 0.0951 e. The number of rotatable bonds is 5. The molecule has 0 bridgehead atoms. The molecular formula is C17H25N3. The van der Waals surface area contributed by atoms with E-state index in [1.54, 1.807) is 6.20 Å². The molecule has 0 saturated carbocycles. The van der Waals surface area contributed by atoms with Crippen molar-refractivity contribution in [2.24, 2.45) is 11.8 Å². The van der Waals surface area contributed by atoms with Gasteiger partial charge in [0.05, 0.1) is 11.2 Å². The molecule has 3 heteroatoms. The highest BCUT2D eigenvalue weighted by Crippen LogP contribution is 2.30. The van der Waals surface area contributed by atoms with E-state index < -0.39 is 0 Å². The Morgan fingerprint density at radius 3 is 2.30 bits per heavy atom. The molecule has 0 spiro atoms. The second-order valence-electron chi connectivity index (χ2n) is 6.27. The fourth-order valence-electron chi connectivity index (χ4n) is 2.61. The fraction of sp³-hybridized carbons (Fsp3) is 0.471. The van der Waals surface area contributed by atoms with Crippen molar-refractivity contribution in [1.82, 2.24) is 4.98 Å². The third-order valence-corrected chi connectivity index (χ3v) is 3.29. The molecule has 3 nitrogen and oxygen atoms in total. The molecule has 0 saturated heterocycles. The number of nitrogens with two attached hydrogens (primary N) is 1. The third kappa shape index (κ3) is 3.21. The summed E-state index contributed by atoms with van der Waals surface area (Å²) in [5.74, 6) is 1.25. The molecule has 2 rings (SSSR count). The molecule has 0 radical (unpaired) electrons. The van der Waals surface area contributed by atoms with Gasteiger partial charge in [-0.15, -0.1) is 0 Å². The molecule has 0 aliphatic carbocycles. The van der Waals surface area contributed by atoms with Crippen molar-refractivity contribution in [3.8, 4) is 0 Å². The Morgan fingerprint density at radius 2 is 1.70 bits per heavy atom. The summed E-state index contributed by atoms with van der Waals surface area (Å²) in [6.45, 7) is 11.1. The van der Waals surface area contributed by atoms with E-state index in [0.29, 0.717) is 11.8 Å². The standard InChI is InChI=1S/C17H25N3/c1-12(2)10-20(11-13(3)4)16-8-7-15(18)17-14(16)6-5-9-19-17/h5-9,12-13H,10-11,18H2,1-4H3. The summed E-state index contributed by atoms with van der Waals surface area (Å²) in [6.07, 6.45) is 1.80. The number of aromatic nitrogens is 1. The van der Waals surface area contributed by atoms with Crippen LogP contribution in [0.25, 0.3) is 10.9 Å². The molecule has 0 unspecified atom stereocenters. The van der Waals surface area contributed by atoms with Crippen molar-refractivity contribution < 1.29 is 0 Å². The quantitative estimate of drug-likeness (QED) is 0.838. The monoisotopic (exact) mass is 271 g/mol. The number of anilines is 2.